The molecule has 2 nitrogen and oxygen atoms in total. The lowest BCUT2D eigenvalue weighted by Crippen LogP contribution is -2.20. The minimum Gasteiger partial charge on any atom is -0.399 e. The second-order valence-electron chi connectivity index (χ2n) is 3.53. The van der Waals surface area contributed by atoms with E-state index in [2.05, 4.69) is 0 Å². The molecule has 2 N–H and O–H groups in total. The Hall–Kier alpha value is -1.32. The molecule has 2 rings (SSSR count). The Bertz CT molecular complexity index is 323. The highest BCUT2D eigenvalue weighted by Crippen LogP contribution is 2.28. The fraction of sp³-hybridized carbons (Fsp3) is 0.400. The van der Waals surface area contributed by atoms with Gasteiger partial charge in [0.1, 0.15) is 5.69 Å². The summed E-state index contributed by atoms with van der Waals surface area (Å²) < 4.78 is 26.8. The molecule has 0 radical (unpaired) electrons. The van der Waals surface area contributed by atoms with Crippen LogP contribution in [-0.2, 0) is 0 Å². The van der Waals surface area contributed by atoms with Crippen molar-refractivity contribution in [3.63, 3.8) is 0 Å². The second-order valence-corrected chi connectivity index (χ2v) is 3.53. The molecule has 0 atom stereocenters. The van der Waals surface area contributed by atoms with Crippen LogP contribution < -0.4 is 10.6 Å². The van der Waals surface area contributed by atoms with E-state index in [1.54, 1.807) is 4.90 Å². The van der Waals surface area contributed by atoms with Crippen LogP contribution in [0.5, 0.6) is 0 Å². The first-order valence-corrected chi connectivity index (χ1v) is 4.68. The first-order chi connectivity index (χ1) is 6.68. The normalized spacial score (nSPS) is 16.3. The Kier molecular flexibility index (Phi) is 2.27. The Labute approximate surface area is 81.3 Å². The zero-order valence-corrected chi connectivity index (χ0v) is 7.76. The summed E-state index contributed by atoms with van der Waals surface area (Å²) in [5.41, 5.74) is 5.52. The molecule has 0 aromatic heterocycles. The Morgan fingerprint density at radius 3 is 2.07 bits per heavy atom. The smallest absolute Gasteiger partial charge is 0.151 e. The van der Waals surface area contributed by atoms with Crippen molar-refractivity contribution in [1.29, 1.82) is 0 Å². The predicted molar refractivity (Wildman–Crippen MR) is 52.2 cm³/mol. The molecule has 0 aliphatic carbocycles. The summed E-state index contributed by atoms with van der Waals surface area (Å²) in [6, 6.07) is 2.33. The molecule has 76 valence electrons. The van der Waals surface area contributed by atoms with Gasteiger partial charge in [-0.15, -0.1) is 0 Å². The van der Waals surface area contributed by atoms with Crippen LogP contribution in [0.1, 0.15) is 12.8 Å². The van der Waals surface area contributed by atoms with Crippen molar-refractivity contribution in [2.24, 2.45) is 0 Å². The quantitative estimate of drug-likeness (QED) is 0.700. The van der Waals surface area contributed by atoms with Gasteiger partial charge in [-0.25, -0.2) is 8.78 Å². The zero-order chi connectivity index (χ0) is 10.1. The van der Waals surface area contributed by atoms with E-state index in [0.717, 1.165) is 38.1 Å². The van der Waals surface area contributed by atoms with Crippen LogP contribution in [-0.4, -0.2) is 13.1 Å². The van der Waals surface area contributed by atoms with E-state index in [1.807, 2.05) is 0 Å². The van der Waals surface area contributed by atoms with Gasteiger partial charge >= 0.3 is 0 Å². The van der Waals surface area contributed by atoms with Crippen molar-refractivity contribution in [2.45, 2.75) is 12.8 Å². The molecule has 1 heterocycles. The maximum Gasteiger partial charge on any atom is 0.151 e. The van der Waals surface area contributed by atoms with E-state index in [1.165, 1.54) is 0 Å². The third kappa shape index (κ3) is 1.52. The van der Waals surface area contributed by atoms with Crippen molar-refractivity contribution >= 4 is 11.4 Å². The van der Waals surface area contributed by atoms with Crippen molar-refractivity contribution in [3.8, 4) is 0 Å². The number of hydrogen-bond donors (Lipinski definition) is 1. The van der Waals surface area contributed by atoms with Crippen molar-refractivity contribution in [2.75, 3.05) is 23.7 Å². The monoisotopic (exact) mass is 198 g/mol. The second kappa shape index (κ2) is 3.44. The molecular weight excluding hydrogens is 186 g/mol. The number of hydrogen-bond acceptors (Lipinski definition) is 2. The number of anilines is 2. The average Bonchev–Trinajstić information content (AvgIpc) is 2.54. The number of nitrogens with two attached hydrogens (primary N) is 1. The fourth-order valence-electron chi connectivity index (χ4n) is 1.83. The van der Waals surface area contributed by atoms with Crippen LogP contribution in [0.25, 0.3) is 0 Å². The van der Waals surface area contributed by atoms with E-state index in [9.17, 15) is 8.78 Å². The molecule has 0 bridgehead atoms. The lowest BCUT2D eigenvalue weighted by atomic mass is 10.2. The lowest BCUT2D eigenvalue weighted by Gasteiger charge is -2.19. The van der Waals surface area contributed by atoms with Gasteiger partial charge in [0.15, 0.2) is 11.6 Å². The van der Waals surface area contributed by atoms with Gasteiger partial charge in [-0.3, -0.25) is 0 Å². The van der Waals surface area contributed by atoms with Gasteiger partial charge < -0.3 is 10.6 Å². The maximum atomic E-state index is 13.4. The number of nitrogen functional groups attached to an aromatic ring is 1. The molecular formula is C10H12F2N2. The lowest BCUT2D eigenvalue weighted by molar-refractivity contribution is 0.579. The molecule has 1 saturated heterocycles. The topological polar surface area (TPSA) is 29.3 Å². The molecule has 0 saturated carbocycles. The van der Waals surface area contributed by atoms with Gasteiger partial charge in [-0.1, -0.05) is 0 Å². The van der Waals surface area contributed by atoms with E-state index >= 15 is 0 Å². The summed E-state index contributed by atoms with van der Waals surface area (Å²) in [5.74, 6) is -1.13. The standard InChI is InChI=1S/C10H12F2N2/c11-8-5-7(13)6-9(12)10(8)14-3-1-2-4-14/h5-6H,1-4,13H2. The van der Waals surface area contributed by atoms with Gasteiger partial charge in [-0.2, -0.15) is 0 Å². The molecule has 1 aromatic rings. The van der Waals surface area contributed by atoms with Crippen molar-refractivity contribution in [3.05, 3.63) is 23.8 Å². The molecule has 1 aromatic carbocycles. The van der Waals surface area contributed by atoms with Gasteiger partial charge in [0.2, 0.25) is 0 Å². The van der Waals surface area contributed by atoms with Crippen LogP contribution >= 0.6 is 0 Å². The largest absolute Gasteiger partial charge is 0.399 e. The molecule has 1 fully saturated rings. The highest BCUT2D eigenvalue weighted by atomic mass is 19.1. The molecule has 4 heteroatoms. The summed E-state index contributed by atoms with van der Waals surface area (Å²) in [6.45, 7) is 1.44. The molecule has 0 unspecified atom stereocenters. The Morgan fingerprint density at radius 1 is 1.07 bits per heavy atom. The van der Waals surface area contributed by atoms with Gasteiger partial charge in [0.05, 0.1) is 0 Å². The van der Waals surface area contributed by atoms with Crippen LogP contribution in [0.15, 0.2) is 12.1 Å². The zero-order valence-electron chi connectivity index (χ0n) is 7.76. The summed E-state index contributed by atoms with van der Waals surface area (Å²) in [5, 5.41) is 0. The molecule has 0 spiro atoms. The molecule has 1 aliphatic rings. The SMILES string of the molecule is Nc1cc(F)c(N2CCCC2)c(F)c1. The van der Waals surface area contributed by atoms with E-state index in [0.29, 0.717) is 0 Å². The van der Waals surface area contributed by atoms with E-state index < -0.39 is 11.6 Å². The maximum absolute atomic E-state index is 13.4. The number of nitrogens with zero attached hydrogens (tertiary/aromatic N) is 1. The third-order valence-electron chi connectivity index (χ3n) is 2.46. The number of halogens is 2. The summed E-state index contributed by atoms with van der Waals surface area (Å²) in [7, 11) is 0. The van der Waals surface area contributed by atoms with Crippen LogP contribution in [0.3, 0.4) is 0 Å². The van der Waals surface area contributed by atoms with Gasteiger partial charge in [0, 0.05) is 18.8 Å². The molecule has 1 aliphatic heterocycles. The van der Waals surface area contributed by atoms with Crippen molar-refractivity contribution in [1.82, 2.24) is 0 Å². The minimum absolute atomic E-state index is 0.0664. The van der Waals surface area contributed by atoms with Crippen LogP contribution in [0, 0.1) is 11.6 Å². The molecule has 14 heavy (non-hydrogen) atoms. The number of rotatable bonds is 1. The Balaban J connectivity index is 2.40. The molecule has 0 amide bonds. The van der Waals surface area contributed by atoms with Gasteiger partial charge in [-0.05, 0) is 25.0 Å². The first-order valence-electron chi connectivity index (χ1n) is 4.68. The first kappa shape index (κ1) is 9.24. The van der Waals surface area contributed by atoms with Crippen LogP contribution in [0.2, 0.25) is 0 Å². The highest BCUT2D eigenvalue weighted by Gasteiger charge is 2.20. The van der Waals surface area contributed by atoms with Crippen molar-refractivity contribution < 1.29 is 8.78 Å². The summed E-state index contributed by atoms with van der Waals surface area (Å²) >= 11 is 0. The van der Waals surface area contributed by atoms with E-state index in [-0.39, 0.29) is 11.4 Å². The van der Waals surface area contributed by atoms with Crippen LogP contribution in [0.4, 0.5) is 20.2 Å². The summed E-state index contributed by atoms with van der Waals surface area (Å²) in [4.78, 5) is 1.73. The number of benzene rings is 1. The predicted octanol–water partition coefficient (Wildman–Crippen LogP) is 2.15. The minimum atomic E-state index is -0.565. The average molecular weight is 198 g/mol. The third-order valence-corrected chi connectivity index (χ3v) is 2.46. The van der Waals surface area contributed by atoms with E-state index in [4.69, 9.17) is 5.73 Å². The fourth-order valence-corrected chi connectivity index (χ4v) is 1.83. The summed E-state index contributed by atoms with van der Waals surface area (Å²) in [6.07, 6.45) is 1.98. The van der Waals surface area contributed by atoms with Gasteiger partial charge in [0.25, 0.3) is 0 Å². The Morgan fingerprint density at radius 2 is 1.57 bits per heavy atom. The highest BCUT2D eigenvalue weighted by molar-refractivity contribution is 5.56.